The summed E-state index contributed by atoms with van der Waals surface area (Å²) < 4.78 is 0. The summed E-state index contributed by atoms with van der Waals surface area (Å²) in [6, 6.07) is 1.93. The second kappa shape index (κ2) is 3.34. The Morgan fingerprint density at radius 1 is 1.55 bits per heavy atom. The Morgan fingerprint density at radius 2 is 2.27 bits per heavy atom. The molecular weight excluding hydrogens is 140 g/mol. The van der Waals surface area contributed by atoms with Crippen molar-refractivity contribution in [3.05, 3.63) is 24.0 Å². The molecule has 0 fully saturated rings. The van der Waals surface area contributed by atoms with Crippen LogP contribution < -0.4 is 5.32 Å². The molecule has 3 heteroatoms. The van der Waals surface area contributed by atoms with Crippen LogP contribution in [0.2, 0.25) is 0 Å². The molecule has 1 unspecified atom stereocenters. The molecule has 0 aliphatic carbocycles. The summed E-state index contributed by atoms with van der Waals surface area (Å²) in [7, 11) is 0. The molecule has 0 spiro atoms. The van der Waals surface area contributed by atoms with E-state index in [0.717, 1.165) is 11.3 Å². The third-order valence-corrected chi connectivity index (χ3v) is 1.25. The molecule has 0 radical (unpaired) electrons. The second-order valence-electron chi connectivity index (χ2n) is 2.57. The molecular formula is C8H12N2O. The van der Waals surface area contributed by atoms with Gasteiger partial charge in [0.1, 0.15) is 6.23 Å². The van der Waals surface area contributed by atoms with Gasteiger partial charge in [0.2, 0.25) is 0 Å². The van der Waals surface area contributed by atoms with E-state index in [1.165, 1.54) is 0 Å². The summed E-state index contributed by atoms with van der Waals surface area (Å²) in [4.78, 5) is 3.96. The van der Waals surface area contributed by atoms with Crippen LogP contribution in [-0.2, 0) is 0 Å². The molecule has 1 aromatic rings. The lowest BCUT2D eigenvalue weighted by Crippen LogP contribution is -2.13. The third kappa shape index (κ3) is 2.55. The summed E-state index contributed by atoms with van der Waals surface area (Å²) in [5.41, 5.74) is 1.93. The van der Waals surface area contributed by atoms with Crippen LogP contribution in [0.4, 0.5) is 5.69 Å². The van der Waals surface area contributed by atoms with Gasteiger partial charge in [-0.15, -0.1) is 0 Å². The van der Waals surface area contributed by atoms with Gasteiger partial charge in [0.15, 0.2) is 0 Å². The number of aromatic nitrogens is 1. The van der Waals surface area contributed by atoms with Crippen LogP contribution in [0.1, 0.15) is 12.5 Å². The van der Waals surface area contributed by atoms with E-state index in [1.54, 1.807) is 19.3 Å². The highest BCUT2D eigenvalue weighted by atomic mass is 16.3. The minimum absolute atomic E-state index is 0.529. The van der Waals surface area contributed by atoms with Gasteiger partial charge in [0, 0.05) is 6.20 Å². The van der Waals surface area contributed by atoms with Crippen LogP contribution in [0.25, 0.3) is 0 Å². The molecule has 0 aliphatic heterocycles. The Balaban J connectivity index is 2.71. The Morgan fingerprint density at radius 3 is 2.82 bits per heavy atom. The largest absolute Gasteiger partial charge is 0.374 e. The summed E-state index contributed by atoms with van der Waals surface area (Å²) >= 11 is 0. The fourth-order valence-corrected chi connectivity index (χ4v) is 0.875. The zero-order valence-corrected chi connectivity index (χ0v) is 6.70. The van der Waals surface area contributed by atoms with Gasteiger partial charge in [0.25, 0.3) is 0 Å². The van der Waals surface area contributed by atoms with E-state index >= 15 is 0 Å². The van der Waals surface area contributed by atoms with Crippen molar-refractivity contribution in [3.8, 4) is 0 Å². The molecule has 2 N–H and O–H groups in total. The minimum Gasteiger partial charge on any atom is -0.374 e. The standard InChI is InChI=1S/C8H12N2O/c1-6-3-8(5-9-4-6)10-7(2)11/h3-5,7,10-11H,1-2H3. The van der Waals surface area contributed by atoms with Crippen molar-refractivity contribution in [1.29, 1.82) is 0 Å². The first-order valence-corrected chi connectivity index (χ1v) is 3.55. The van der Waals surface area contributed by atoms with Crippen molar-refractivity contribution in [3.63, 3.8) is 0 Å². The number of nitrogens with one attached hydrogen (secondary N) is 1. The minimum atomic E-state index is -0.529. The smallest absolute Gasteiger partial charge is 0.121 e. The van der Waals surface area contributed by atoms with Gasteiger partial charge >= 0.3 is 0 Å². The average Bonchev–Trinajstić information content (AvgIpc) is 1.85. The summed E-state index contributed by atoms with van der Waals surface area (Å²) in [6.07, 6.45) is 2.92. The van der Waals surface area contributed by atoms with E-state index in [0.29, 0.717) is 0 Å². The highest BCUT2D eigenvalue weighted by Gasteiger charge is 1.95. The first-order chi connectivity index (χ1) is 5.18. The van der Waals surface area contributed by atoms with Crippen LogP contribution in [-0.4, -0.2) is 16.3 Å². The van der Waals surface area contributed by atoms with Crippen LogP contribution in [0.3, 0.4) is 0 Å². The molecule has 1 aromatic heterocycles. The van der Waals surface area contributed by atoms with Gasteiger partial charge in [-0.3, -0.25) is 4.98 Å². The molecule has 0 saturated heterocycles. The molecule has 0 aromatic carbocycles. The first-order valence-electron chi connectivity index (χ1n) is 3.55. The predicted molar refractivity (Wildman–Crippen MR) is 44.3 cm³/mol. The van der Waals surface area contributed by atoms with Gasteiger partial charge in [-0.25, -0.2) is 0 Å². The monoisotopic (exact) mass is 152 g/mol. The van der Waals surface area contributed by atoms with Crippen LogP contribution in [0, 0.1) is 6.92 Å². The normalized spacial score (nSPS) is 12.6. The Labute approximate surface area is 66.1 Å². The number of hydrogen-bond donors (Lipinski definition) is 2. The lowest BCUT2D eigenvalue weighted by atomic mass is 10.3. The lowest BCUT2D eigenvalue weighted by molar-refractivity contribution is 0.224. The number of anilines is 1. The average molecular weight is 152 g/mol. The summed E-state index contributed by atoms with van der Waals surface area (Å²) in [6.45, 7) is 3.63. The topological polar surface area (TPSA) is 45.2 Å². The van der Waals surface area contributed by atoms with Crippen molar-refractivity contribution in [2.75, 3.05) is 5.32 Å². The molecule has 11 heavy (non-hydrogen) atoms. The van der Waals surface area contributed by atoms with Gasteiger partial charge in [-0.1, -0.05) is 0 Å². The maximum absolute atomic E-state index is 8.96. The highest BCUT2D eigenvalue weighted by Crippen LogP contribution is 2.07. The number of aryl methyl sites for hydroxylation is 1. The van der Waals surface area contributed by atoms with E-state index in [2.05, 4.69) is 10.3 Å². The number of aliphatic hydroxyl groups is 1. The molecule has 0 amide bonds. The van der Waals surface area contributed by atoms with Gasteiger partial charge in [0.05, 0.1) is 11.9 Å². The van der Waals surface area contributed by atoms with Gasteiger partial charge in [-0.05, 0) is 25.5 Å². The highest BCUT2D eigenvalue weighted by molar-refractivity contribution is 5.42. The molecule has 0 bridgehead atoms. The van der Waals surface area contributed by atoms with Crippen molar-refractivity contribution in [2.24, 2.45) is 0 Å². The van der Waals surface area contributed by atoms with Gasteiger partial charge < -0.3 is 10.4 Å². The van der Waals surface area contributed by atoms with Crippen LogP contribution in [0.5, 0.6) is 0 Å². The number of aliphatic hydroxyl groups excluding tert-OH is 1. The fourth-order valence-electron chi connectivity index (χ4n) is 0.875. The molecule has 1 atom stereocenters. The van der Waals surface area contributed by atoms with E-state index in [-0.39, 0.29) is 0 Å². The Bertz CT molecular complexity index is 235. The Hall–Kier alpha value is -1.09. The first kappa shape index (κ1) is 8.01. The molecule has 1 heterocycles. The third-order valence-electron chi connectivity index (χ3n) is 1.25. The fraction of sp³-hybridized carbons (Fsp3) is 0.375. The van der Waals surface area contributed by atoms with Crippen LogP contribution in [0.15, 0.2) is 18.5 Å². The summed E-state index contributed by atoms with van der Waals surface area (Å²) in [5.74, 6) is 0. The number of hydrogen-bond acceptors (Lipinski definition) is 3. The lowest BCUT2D eigenvalue weighted by Gasteiger charge is -2.08. The zero-order valence-electron chi connectivity index (χ0n) is 6.70. The molecule has 0 aliphatic rings. The van der Waals surface area contributed by atoms with Crippen molar-refractivity contribution >= 4 is 5.69 Å². The van der Waals surface area contributed by atoms with Crippen molar-refractivity contribution < 1.29 is 5.11 Å². The van der Waals surface area contributed by atoms with Crippen molar-refractivity contribution in [1.82, 2.24) is 4.98 Å². The van der Waals surface area contributed by atoms with E-state index in [9.17, 15) is 0 Å². The molecule has 0 saturated carbocycles. The second-order valence-corrected chi connectivity index (χ2v) is 2.57. The SMILES string of the molecule is Cc1cncc(NC(C)O)c1. The van der Waals surface area contributed by atoms with Gasteiger partial charge in [-0.2, -0.15) is 0 Å². The quantitative estimate of drug-likeness (QED) is 0.624. The maximum Gasteiger partial charge on any atom is 0.121 e. The molecule has 60 valence electrons. The van der Waals surface area contributed by atoms with E-state index in [4.69, 9.17) is 5.11 Å². The predicted octanol–water partition coefficient (Wildman–Crippen LogP) is 1.14. The summed E-state index contributed by atoms with van der Waals surface area (Å²) in [5, 5.41) is 11.8. The molecule has 1 rings (SSSR count). The van der Waals surface area contributed by atoms with Crippen molar-refractivity contribution in [2.45, 2.75) is 20.1 Å². The maximum atomic E-state index is 8.96. The Kier molecular flexibility index (Phi) is 2.44. The number of nitrogens with zero attached hydrogens (tertiary/aromatic N) is 1. The van der Waals surface area contributed by atoms with E-state index in [1.807, 2.05) is 13.0 Å². The van der Waals surface area contributed by atoms with E-state index < -0.39 is 6.23 Å². The molecule has 3 nitrogen and oxygen atoms in total. The number of pyridine rings is 1. The zero-order chi connectivity index (χ0) is 8.27. The number of rotatable bonds is 2. The van der Waals surface area contributed by atoms with Crippen LogP contribution >= 0.6 is 0 Å².